The van der Waals surface area contributed by atoms with E-state index in [0.29, 0.717) is 17.0 Å². The fourth-order valence-corrected chi connectivity index (χ4v) is 4.36. The van der Waals surface area contributed by atoms with Crippen LogP contribution < -0.4 is 0 Å². The molecule has 2 fully saturated rings. The number of carboxylic acids is 1. The Bertz CT molecular complexity index is 1020. The maximum Gasteiger partial charge on any atom is 0.310 e. The van der Waals surface area contributed by atoms with Crippen LogP contribution in [0.1, 0.15) is 29.1 Å². The lowest BCUT2D eigenvalue weighted by Crippen LogP contribution is -2.58. The number of nitrogens with zero attached hydrogens (tertiary/aromatic N) is 1. The third-order valence-corrected chi connectivity index (χ3v) is 6.19. The van der Waals surface area contributed by atoms with Crippen molar-refractivity contribution in [3.63, 3.8) is 0 Å². The first kappa shape index (κ1) is 21.2. The molecule has 10 nitrogen and oxygen atoms in total. The lowest BCUT2D eigenvalue weighted by atomic mass is 9.87. The molecule has 1 aromatic carbocycles. The number of aliphatic hydroxyl groups excluding tert-OH is 4. The summed E-state index contributed by atoms with van der Waals surface area (Å²) in [4.78, 5) is 29.2. The predicted molar refractivity (Wildman–Crippen MR) is 99.8 cm³/mol. The highest BCUT2D eigenvalue weighted by molar-refractivity contribution is 6.35. The molecule has 7 atom stereocenters. The number of oxazole rings is 1. The molecule has 5 N–H and O–H groups in total. The van der Waals surface area contributed by atoms with Crippen LogP contribution in [0.2, 0.25) is 5.02 Å². The third kappa shape index (κ3) is 3.29. The third-order valence-electron chi connectivity index (χ3n) is 5.91. The fourth-order valence-electron chi connectivity index (χ4n) is 4.10. The molecule has 2 heterocycles. The Labute approximate surface area is 174 Å². The topological polar surface area (TPSA) is 171 Å². The van der Waals surface area contributed by atoms with Crippen LogP contribution in [0, 0.1) is 18.3 Å². The number of carboxylic acid groups (broad SMARTS) is 1. The van der Waals surface area contributed by atoms with Crippen LogP contribution in [-0.2, 0) is 9.53 Å². The number of aliphatic hydroxyl groups is 4. The van der Waals surface area contributed by atoms with Crippen LogP contribution in [0.3, 0.4) is 0 Å². The smallest absolute Gasteiger partial charge is 0.310 e. The molecule has 1 aromatic heterocycles. The minimum absolute atomic E-state index is 0.0179. The number of benzene rings is 1. The summed E-state index contributed by atoms with van der Waals surface area (Å²) in [7, 11) is 0. The molecule has 11 heteroatoms. The van der Waals surface area contributed by atoms with Gasteiger partial charge in [-0.05, 0) is 25.0 Å². The number of aliphatic carboxylic acids is 1. The highest BCUT2D eigenvalue weighted by atomic mass is 35.5. The van der Waals surface area contributed by atoms with E-state index in [-0.39, 0.29) is 23.4 Å². The number of hydrogen-bond donors (Lipinski definition) is 5. The van der Waals surface area contributed by atoms with Crippen molar-refractivity contribution >= 4 is 34.5 Å². The van der Waals surface area contributed by atoms with Gasteiger partial charge < -0.3 is 34.7 Å². The Kier molecular flexibility index (Phi) is 5.12. The van der Waals surface area contributed by atoms with Gasteiger partial charge in [-0.15, -0.1) is 0 Å². The van der Waals surface area contributed by atoms with E-state index >= 15 is 0 Å². The largest absolute Gasteiger partial charge is 0.481 e. The van der Waals surface area contributed by atoms with E-state index in [9.17, 15) is 35.1 Å². The minimum atomic E-state index is -1.79. The summed E-state index contributed by atoms with van der Waals surface area (Å²) in [6.45, 7) is 1.63. The summed E-state index contributed by atoms with van der Waals surface area (Å²) in [6.07, 6.45) is -8.49. The summed E-state index contributed by atoms with van der Waals surface area (Å²) in [5.74, 6) is -2.29. The van der Waals surface area contributed by atoms with Crippen LogP contribution in [-0.4, -0.2) is 73.0 Å². The van der Waals surface area contributed by atoms with E-state index in [4.69, 9.17) is 20.8 Å². The molecule has 1 saturated heterocycles. The molecule has 0 radical (unpaired) electrons. The molecule has 1 aliphatic heterocycles. The van der Waals surface area contributed by atoms with Gasteiger partial charge in [-0.2, -0.15) is 0 Å². The minimum Gasteiger partial charge on any atom is -0.481 e. The molecular formula is C19H20ClNO9. The number of rotatable bonds is 5. The number of aromatic nitrogens is 1. The van der Waals surface area contributed by atoms with E-state index in [1.807, 2.05) is 0 Å². The van der Waals surface area contributed by atoms with Gasteiger partial charge in [0.25, 0.3) is 0 Å². The summed E-state index contributed by atoms with van der Waals surface area (Å²) < 4.78 is 10.5. The number of carbonyl (C=O) groups is 2. The Morgan fingerprint density at radius 1 is 1.20 bits per heavy atom. The highest BCUT2D eigenvalue weighted by Crippen LogP contribution is 2.58. The molecule has 2 aromatic rings. The molecule has 1 aliphatic carbocycles. The maximum absolute atomic E-state index is 13.0. The van der Waals surface area contributed by atoms with Crippen LogP contribution in [0.5, 0.6) is 0 Å². The summed E-state index contributed by atoms with van der Waals surface area (Å²) in [6, 6.07) is 2.86. The molecule has 1 saturated carbocycles. The van der Waals surface area contributed by atoms with Crippen molar-refractivity contribution in [2.45, 2.75) is 50.5 Å². The molecular weight excluding hydrogens is 422 g/mol. The van der Waals surface area contributed by atoms with Gasteiger partial charge >= 0.3 is 5.97 Å². The second-order valence-corrected chi connectivity index (χ2v) is 8.27. The molecule has 2 aliphatic rings. The zero-order valence-corrected chi connectivity index (χ0v) is 16.5. The van der Waals surface area contributed by atoms with Crippen molar-refractivity contribution in [3.05, 3.63) is 28.6 Å². The van der Waals surface area contributed by atoms with Crippen molar-refractivity contribution in [1.29, 1.82) is 0 Å². The van der Waals surface area contributed by atoms with E-state index in [1.165, 1.54) is 12.1 Å². The molecule has 162 valence electrons. The standard InChI is InChI=1S/C19H20ClNO9/c1-6-21-10-3-7(2-9(20)16(10)29-6)12(22)8-4-19(8,18(27)28)5-11-13(23)14(24)15(25)17(26)30-11/h2-3,8,11,13-15,17,23-26H,4-5H2,1H3,(H,27,28)/t8-,11?,13-,14+,15-,17?,19+/m1/s1. The zero-order valence-electron chi connectivity index (χ0n) is 15.7. The summed E-state index contributed by atoms with van der Waals surface area (Å²) in [5, 5.41) is 49.2. The number of ketones is 1. The number of fused-ring (bicyclic) bond motifs is 1. The van der Waals surface area contributed by atoms with E-state index in [2.05, 4.69) is 4.98 Å². The molecule has 0 spiro atoms. The average molecular weight is 442 g/mol. The molecule has 30 heavy (non-hydrogen) atoms. The van der Waals surface area contributed by atoms with E-state index in [1.54, 1.807) is 6.92 Å². The van der Waals surface area contributed by atoms with Crippen molar-refractivity contribution in [1.82, 2.24) is 4.98 Å². The Morgan fingerprint density at radius 3 is 2.57 bits per heavy atom. The van der Waals surface area contributed by atoms with E-state index < -0.39 is 53.8 Å². The summed E-state index contributed by atoms with van der Waals surface area (Å²) >= 11 is 6.16. The number of Topliss-reactive ketones (excluding diaryl/α,β-unsaturated/α-hetero) is 1. The van der Waals surface area contributed by atoms with Gasteiger partial charge in [-0.3, -0.25) is 9.59 Å². The quantitative estimate of drug-likeness (QED) is 0.405. The van der Waals surface area contributed by atoms with Gasteiger partial charge in [0.2, 0.25) is 0 Å². The number of aryl methyl sites for hydroxylation is 1. The maximum atomic E-state index is 13.0. The lowest BCUT2D eigenvalue weighted by Gasteiger charge is -2.39. The van der Waals surface area contributed by atoms with Gasteiger partial charge in [0, 0.05) is 18.4 Å². The van der Waals surface area contributed by atoms with Crippen LogP contribution >= 0.6 is 11.6 Å². The number of halogens is 1. The number of ether oxygens (including phenoxy) is 1. The lowest BCUT2D eigenvalue weighted by molar-refractivity contribution is -0.284. The Hall–Kier alpha value is -2.08. The molecule has 2 unspecified atom stereocenters. The average Bonchev–Trinajstić information content (AvgIpc) is 3.29. The highest BCUT2D eigenvalue weighted by Gasteiger charge is 2.65. The van der Waals surface area contributed by atoms with Gasteiger partial charge in [-0.25, -0.2) is 4.98 Å². The van der Waals surface area contributed by atoms with E-state index in [0.717, 1.165) is 0 Å². The van der Waals surface area contributed by atoms with Crippen LogP contribution in [0.15, 0.2) is 16.5 Å². The summed E-state index contributed by atoms with van der Waals surface area (Å²) in [5.41, 5.74) is -0.678. The van der Waals surface area contributed by atoms with Gasteiger partial charge in [0.1, 0.15) is 23.8 Å². The molecule has 4 rings (SSSR count). The van der Waals surface area contributed by atoms with Gasteiger partial charge in [-0.1, -0.05) is 11.6 Å². The van der Waals surface area contributed by atoms with Crippen LogP contribution in [0.4, 0.5) is 0 Å². The van der Waals surface area contributed by atoms with Crippen molar-refractivity contribution in [2.24, 2.45) is 11.3 Å². The number of hydrogen-bond acceptors (Lipinski definition) is 9. The Morgan fingerprint density at radius 2 is 1.90 bits per heavy atom. The normalized spacial score (nSPS) is 36.1. The Balaban J connectivity index is 1.58. The second kappa shape index (κ2) is 7.26. The first-order valence-corrected chi connectivity index (χ1v) is 9.65. The van der Waals surface area contributed by atoms with Gasteiger partial charge in [0.15, 0.2) is 23.5 Å². The first-order chi connectivity index (χ1) is 14.0. The van der Waals surface area contributed by atoms with Crippen molar-refractivity contribution in [3.8, 4) is 0 Å². The first-order valence-electron chi connectivity index (χ1n) is 9.27. The predicted octanol–water partition coefficient (Wildman–Crippen LogP) is 0.253. The van der Waals surface area contributed by atoms with Crippen molar-refractivity contribution < 1.29 is 44.3 Å². The molecule has 0 bridgehead atoms. The van der Waals surface area contributed by atoms with Crippen LogP contribution in [0.25, 0.3) is 11.1 Å². The second-order valence-electron chi connectivity index (χ2n) is 7.86. The van der Waals surface area contributed by atoms with Gasteiger partial charge in [0.05, 0.1) is 16.5 Å². The number of carbonyl (C=O) groups excluding carboxylic acids is 1. The SMILES string of the molecule is Cc1nc2cc(C(=O)[C@H]3C[C@@]3(CC3OC(O)[C@H](O)[C@@H](O)[C@@H]3O)C(=O)O)cc(Cl)c2o1. The fraction of sp³-hybridized carbons (Fsp3) is 0.526. The van der Waals surface area contributed by atoms with Crippen molar-refractivity contribution in [2.75, 3.05) is 0 Å². The zero-order chi connectivity index (χ0) is 22.0. The monoisotopic (exact) mass is 441 g/mol. The molecule has 0 amide bonds.